The molecule has 0 saturated heterocycles. The van der Waals surface area contributed by atoms with Crippen molar-refractivity contribution in [2.45, 2.75) is 19.9 Å². The van der Waals surface area contributed by atoms with Crippen LogP contribution in [0.3, 0.4) is 0 Å². The maximum Gasteiger partial charge on any atom is 0.335 e. The highest BCUT2D eigenvalue weighted by atomic mass is 16.6. The highest BCUT2D eigenvalue weighted by molar-refractivity contribution is 5.95. The second-order valence-corrected chi connectivity index (χ2v) is 7.08. The van der Waals surface area contributed by atoms with E-state index in [4.69, 9.17) is 0 Å². The molecule has 0 aliphatic rings. The van der Waals surface area contributed by atoms with Gasteiger partial charge in [0.2, 0.25) is 12.5 Å². The lowest BCUT2D eigenvalue weighted by molar-refractivity contribution is -0.479. The molecule has 0 bridgehead atoms. The molecule has 3 aromatic carbocycles. The average molecular weight is 418 g/mol. The molecule has 0 aliphatic heterocycles. The van der Waals surface area contributed by atoms with Crippen molar-refractivity contribution in [3.63, 3.8) is 0 Å². The maximum absolute atomic E-state index is 12.6. The van der Waals surface area contributed by atoms with Gasteiger partial charge in [-0.2, -0.15) is 0 Å². The first-order valence-electron chi connectivity index (χ1n) is 9.76. The number of nitro groups is 1. The number of benzene rings is 3. The van der Waals surface area contributed by atoms with E-state index in [0.29, 0.717) is 11.3 Å². The van der Waals surface area contributed by atoms with E-state index in [0.717, 1.165) is 16.7 Å². The van der Waals surface area contributed by atoms with Crippen molar-refractivity contribution in [1.82, 2.24) is 0 Å². The van der Waals surface area contributed by atoms with Crippen molar-refractivity contribution in [1.29, 1.82) is 0 Å². The Hall–Kier alpha value is -4.00. The molecule has 0 heterocycles. The normalized spacial score (nSPS) is 10.5. The Bertz CT molecular complexity index is 1110. The van der Waals surface area contributed by atoms with Gasteiger partial charge in [0.15, 0.2) is 0 Å². The van der Waals surface area contributed by atoms with E-state index >= 15 is 0 Å². The predicted molar refractivity (Wildman–Crippen MR) is 118 cm³/mol. The summed E-state index contributed by atoms with van der Waals surface area (Å²) in [6.45, 7) is 1.29. The topological polar surface area (TPSA) is 101 Å². The van der Waals surface area contributed by atoms with E-state index < -0.39 is 10.9 Å². The number of anilines is 1. The lowest BCUT2D eigenvalue weighted by Crippen LogP contribution is -2.29. The van der Waals surface area contributed by atoms with Gasteiger partial charge in [-0.3, -0.25) is 14.9 Å². The summed E-state index contributed by atoms with van der Waals surface area (Å²) in [5.74, 6) is -1.41. The zero-order valence-corrected chi connectivity index (χ0v) is 17.0. The van der Waals surface area contributed by atoms with Gasteiger partial charge in [-0.15, -0.1) is 0 Å². The van der Waals surface area contributed by atoms with E-state index in [1.165, 1.54) is 24.0 Å². The molecule has 3 aromatic rings. The largest absolute Gasteiger partial charge is 0.478 e. The molecule has 0 radical (unpaired) electrons. The van der Waals surface area contributed by atoms with Gasteiger partial charge in [-0.1, -0.05) is 60.7 Å². The molecule has 0 aliphatic carbocycles. The average Bonchev–Trinajstić information content (AvgIpc) is 2.76. The number of aromatic carboxylic acids is 1. The van der Waals surface area contributed by atoms with Crippen LogP contribution in [0.5, 0.6) is 0 Å². The molecule has 0 fully saturated rings. The third-order valence-corrected chi connectivity index (χ3v) is 5.00. The van der Waals surface area contributed by atoms with Gasteiger partial charge >= 0.3 is 5.97 Å². The summed E-state index contributed by atoms with van der Waals surface area (Å²) in [5, 5.41) is 20.3. The van der Waals surface area contributed by atoms with Crippen LogP contribution < -0.4 is 4.90 Å². The van der Waals surface area contributed by atoms with E-state index in [1.807, 2.05) is 54.6 Å². The van der Waals surface area contributed by atoms with Crippen molar-refractivity contribution in [3.8, 4) is 11.1 Å². The Labute approximate surface area is 179 Å². The fraction of sp³-hybridized carbons (Fsp3) is 0.167. The van der Waals surface area contributed by atoms with Crippen LogP contribution in [0.1, 0.15) is 28.4 Å². The number of hydrogen-bond donors (Lipinski definition) is 1. The van der Waals surface area contributed by atoms with E-state index in [1.54, 1.807) is 6.07 Å². The molecule has 7 nitrogen and oxygen atoms in total. The zero-order chi connectivity index (χ0) is 22.4. The van der Waals surface area contributed by atoms with Crippen LogP contribution in [0.25, 0.3) is 11.1 Å². The third-order valence-electron chi connectivity index (χ3n) is 5.00. The maximum atomic E-state index is 12.6. The van der Waals surface area contributed by atoms with Crippen LogP contribution >= 0.6 is 0 Å². The standard InChI is InChI=1S/C24H22N2O5/c1-17(27)25(16-21-9-5-6-10-22(21)18-7-3-2-4-8-18)23-15-20(24(28)29)12-11-19(23)13-14-26(30)31/h2-12,15H,13-14,16H2,1H3,(H,28,29). The van der Waals surface area contributed by atoms with Gasteiger partial charge in [0.25, 0.3) is 0 Å². The summed E-state index contributed by atoms with van der Waals surface area (Å²) in [7, 11) is 0. The Balaban J connectivity index is 2.06. The summed E-state index contributed by atoms with van der Waals surface area (Å²) < 4.78 is 0. The predicted octanol–water partition coefficient (Wildman–Crippen LogP) is 4.42. The molecule has 7 heteroatoms. The second-order valence-electron chi connectivity index (χ2n) is 7.08. The van der Waals surface area contributed by atoms with Crippen LogP contribution in [-0.4, -0.2) is 28.5 Å². The summed E-state index contributed by atoms with van der Waals surface area (Å²) in [6.07, 6.45) is 0.0896. The molecule has 3 rings (SSSR count). The number of carbonyl (C=O) groups is 2. The molecule has 1 amide bonds. The minimum atomic E-state index is -1.13. The molecule has 0 atom stereocenters. The lowest BCUT2D eigenvalue weighted by atomic mass is 9.98. The highest BCUT2D eigenvalue weighted by Crippen LogP contribution is 2.29. The monoisotopic (exact) mass is 418 g/mol. The van der Waals surface area contributed by atoms with Gasteiger partial charge in [0, 0.05) is 24.0 Å². The first kappa shape index (κ1) is 21.7. The van der Waals surface area contributed by atoms with Crippen LogP contribution in [0.4, 0.5) is 5.69 Å². The van der Waals surface area contributed by atoms with E-state index in [9.17, 15) is 24.8 Å². The first-order chi connectivity index (χ1) is 14.9. The van der Waals surface area contributed by atoms with Crippen molar-refractivity contribution in [2.24, 2.45) is 0 Å². The number of hydrogen-bond acceptors (Lipinski definition) is 4. The molecule has 31 heavy (non-hydrogen) atoms. The molecule has 1 N–H and O–H groups in total. The first-order valence-corrected chi connectivity index (χ1v) is 9.76. The smallest absolute Gasteiger partial charge is 0.335 e. The summed E-state index contributed by atoms with van der Waals surface area (Å²) in [4.78, 5) is 36.1. The van der Waals surface area contributed by atoms with Crippen LogP contribution in [0, 0.1) is 10.1 Å². The number of carboxylic acid groups (broad SMARTS) is 1. The molecule has 0 unspecified atom stereocenters. The van der Waals surface area contributed by atoms with Crippen LogP contribution in [-0.2, 0) is 17.8 Å². The van der Waals surface area contributed by atoms with Gasteiger partial charge in [-0.05, 0) is 34.4 Å². The number of amides is 1. The van der Waals surface area contributed by atoms with Gasteiger partial charge in [0.05, 0.1) is 12.1 Å². The molecule has 0 saturated carbocycles. The van der Waals surface area contributed by atoms with Gasteiger partial charge in [0.1, 0.15) is 0 Å². The number of carboxylic acids is 1. The second kappa shape index (κ2) is 9.67. The summed E-state index contributed by atoms with van der Waals surface area (Å²) in [6, 6.07) is 21.8. The SMILES string of the molecule is CC(=O)N(Cc1ccccc1-c1ccccc1)c1cc(C(=O)O)ccc1CC[N+](=O)[O-]. The fourth-order valence-corrected chi connectivity index (χ4v) is 3.47. The van der Waals surface area contributed by atoms with Crippen molar-refractivity contribution in [2.75, 3.05) is 11.4 Å². The van der Waals surface area contributed by atoms with Gasteiger partial charge < -0.3 is 10.0 Å². The van der Waals surface area contributed by atoms with E-state index in [2.05, 4.69) is 0 Å². The summed E-state index contributed by atoms with van der Waals surface area (Å²) in [5.41, 5.74) is 3.77. The van der Waals surface area contributed by atoms with Crippen LogP contribution in [0.2, 0.25) is 0 Å². The highest BCUT2D eigenvalue weighted by Gasteiger charge is 2.20. The molecule has 0 aromatic heterocycles. The summed E-state index contributed by atoms with van der Waals surface area (Å²) >= 11 is 0. The Morgan fingerprint density at radius 1 is 0.968 bits per heavy atom. The van der Waals surface area contributed by atoms with Crippen molar-refractivity contribution >= 4 is 17.6 Å². The quantitative estimate of drug-likeness (QED) is 0.431. The number of nitrogens with zero attached hydrogens (tertiary/aromatic N) is 2. The van der Waals surface area contributed by atoms with E-state index in [-0.39, 0.29) is 31.0 Å². The number of rotatable bonds is 8. The van der Waals surface area contributed by atoms with Crippen molar-refractivity contribution in [3.05, 3.63) is 99.6 Å². The Morgan fingerprint density at radius 2 is 1.65 bits per heavy atom. The lowest BCUT2D eigenvalue weighted by Gasteiger charge is -2.25. The zero-order valence-electron chi connectivity index (χ0n) is 17.0. The Kier molecular flexibility index (Phi) is 6.77. The molecule has 0 spiro atoms. The van der Waals surface area contributed by atoms with Gasteiger partial charge in [-0.25, -0.2) is 4.79 Å². The third kappa shape index (κ3) is 5.33. The molecular weight excluding hydrogens is 396 g/mol. The van der Waals surface area contributed by atoms with Crippen molar-refractivity contribution < 1.29 is 19.6 Å². The number of carbonyl (C=O) groups excluding carboxylic acids is 1. The Morgan fingerprint density at radius 3 is 2.29 bits per heavy atom. The van der Waals surface area contributed by atoms with Crippen LogP contribution in [0.15, 0.2) is 72.8 Å². The molecular formula is C24H22N2O5. The minimum Gasteiger partial charge on any atom is -0.478 e. The molecule has 158 valence electrons. The fourth-order valence-electron chi connectivity index (χ4n) is 3.47. The minimum absolute atomic E-state index is 0.0162.